The Kier molecular flexibility index (Phi) is 4.78. The molecule has 9 heteroatoms. The van der Waals surface area contributed by atoms with Crippen LogP contribution in [-0.2, 0) is 6.54 Å². The van der Waals surface area contributed by atoms with Crippen LogP contribution in [0.3, 0.4) is 0 Å². The van der Waals surface area contributed by atoms with Crippen molar-refractivity contribution < 1.29 is 9.59 Å². The van der Waals surface area contributed by atoms with E-state index in [0.717, 1.165) is 12.1 Å². The van der Waals surface area contributed by atoms with E-state index in [-0.39, 0.29) is 34.7 Å². The third kappa shape index (κ3) is 3.58. The highest BCUT2D eigenvalue weighted by molar-refractivity contribution is 6.02. The molecule has 156 valence electrons. The van der Waals surface area contributed by atoms with Gasteiger partial charge in [-0.05, 0) is 36.6 Å². The van der Waals surface area contributed by atoms with Crippen LogP contribution in [0.15, 0.2) is 59.9 Å². The van der Waals surface area contributed by atoms with E-state index in [4.69, 9.17) is 0 Å². The predicted molar refractivity (Wildman–Crippen MR) is 112 cm³/mol. The third-order valence-corrected chi connectivity index (χ3v) is 5.82. The Labute approximate surface area is 177 Å². The van der Waals surface area contributed by atoms with Crippen LogP contribution in [0, 0.1) is 5.92 Å². The van der Waals surface area contributed by atoms with Crippen LogP contribution in [-0.4, -0.2) is 49.3 Å². The maximum absolute atomic E-state index is 13.1. The van der Waals surface area contributed by atoms with Gasteiger partial charge >= 0.3 is 0 Å². The Bertz CT molecular complexity index is 1190. The Morgan fingerprint density at radius 3 is 2.61 bits per heavy atom. The summed E-state index contributed by atoms with van der Waals surface area (Å²) in [5.41, 5.74) is 1.43. The summed E-state index contributed by atoms with van der Waals surface area (Å²) >= 11 is 0. The normalized spacial score (nSPS) is 19.4. The molecule has 3 aromatic rings. The molecule has 1 N–H and O–H groups in total. The minimum Gasteiger partial charge on any atom is -0.336 e. The number of nitrogens with one attached hydrogen (secondary N) is 1. The molecule has 2 amide bonds. The third-order valence-electron chi connectivity index (χ3n) is 5.82. The number of fused-ring (bicyclic) bond motifs is 4. The first-order valence-electron chi connectivity index (χ1n) is 10.1. The number of hydrogen-bond acceptors (Lipinski definition) is 6. The number of nitrogens with zero attached hydrogens (tertiary/aromatic N) is 5. The molecule has 5 rings (SSSR count). The second-order valence-electron chi connectivity index (χ2n) is 7.86. The molecule has 0 unspecified atom stereocenters. The molecular formula is C22H20N6O3. The molecule has 5 heterocycles. The first-order chi connectivity index (χ1) is 15.1. The highest BCUT2D eigenvalue weighted by Gasteiger charge is 2.37. The summed E-state index contributed by atoms with van der Waals surface area (Å²) in [4.78, 5) is 52.1. The van der Waals surface area contributed by atoms with Crippen LogP contribution in [0.5, 0.6) is 0 Å². The van der Waals surface area contributed by atoms with E-state index >= 15 is 0 Å². The van der Waals surface area contributed by atoms with Crippen LogP contribution < -0.4 is 10.9 Å². The molecular weight excluding hydrogens is 396 g/mol. The van der Waals surface area contributed by atoms with Gasteiger partial charge in [0.1, 0.15) is 17.1 Å². The topological polar surface area (TPSA) is 110 Å². The molecule has 1 fully saturated rings. The van der Waals surface area contributed by atoms with Crippen molar-refractivity contribution in [3.05, 3.63) is 82.6 Å². The van der Waals surface area contributed by atoms with Crippen LogP contribution in [0.4, 0.5) is 5.69 Å². The van der Waals surface area contributed by atoms with Crippen LogP contribution in [0.2, 0.25) is 0 Å². The van der Waals surface area contributed by atoms with E-state index in [9.17, 15) is 14.4 Å². The van der Waals surface area contributed by atoms with Gasteiger partial charge in [0.05, 0.1) is 6.20 Å². The number of hydrogen-bond donors (Lipinski definition) is 1. The smallest absolute Gasteiger partial charge is 0.276 e. The lowest BCUT2D eigenvalue weighted by atomic mass is 9.83. The van der Waals surface area contributed by atoms with Gasteiger partial charge in [0, 0.05) is 49.8 Å². The highest BCUT2D eigenvalue weighted by atomic mass is 16.2. The number of amides is 2. The fourth-order valence-electron chi connectivity index (χ4n) is 4.46. The minimum absolute atomic E-state index is 0.0672. The zero-order valence-corrected chi connectivity index (χ0v) is 16.6. The van der Waals surface area contributed by atoms with E-state index in [1.165, 1.54) is 18.6 Å². The lowest BCUT2D eigenvalue weighted by Crippen LogP contribution is -2.49. The molecule has 2 atom stereocenters. The quantitative estimate of drug-likeness (QED) is 0.694. The Morgan fingerprint density at radius 2 is 1.84 bits per heavy atom. The van der Waals surface area contributed by atoms with Gasteiger partial charge in [-0.15, -0.1) is 0 Å². The van der Waals surface area contributed by atoms with E-state index in [1.807, 2.05) is 11.0 Å². The molecule has 0 aliphatic carbocycles. The van der Waals surface area contributed by atoms with E-state index in [0.29, 0.717) is 25.3 Å². The van der Waals surface area contributed by atoms with Gasteiger partial charge in [-0.1, -0.05) is 6.07 Å². The molecule has 0 radical (unpaired) electrons. The zero-order valence-electron chi connectivity index (χ0n) is 16.6. The van der Waals surface area contributed by atoms with Gasteiger partial charge in [-0.3, -0.25) is 24.4 Å². The number of likely N-dealkylation sites (tertiary alicyclic amines) is 1. The monoisotopic (exact) mass is 416 g/mol. The van der Waals surface area contributed by atoms with Gasteiger partial charge in [0.15, 0.2) is 0 Å². The second-order valence-corrected chi connectivity index (χ2v) is 7.86. The van der Waals surface area contributed by atoms with Crippen molar-refractivity contribution in [3.63, 3.8) is 0 Å². The Hall–Kier alpha value is -3.88. The van der Waals surface area contributed by atoms with Crippen molar-refractivity contribution in [3.8, 4) is 0 Å². The first-order valence-corrected chi connectivity index (χ1v) is 10.1. The fourth-order valence-corrected chi connectivity index (χ4v) is 4.46. The highest BCUT2D eigenvalue weighted by Crippen LogP contribution is 2.35. The van der Waals surface area contributed by atoms with Crippen molar-refractivity contribution in [2.45, 2.75) is 18.9 Å². The summed E-state index contributed by atoms with van der Waals surface area (Å²) in [5, 5.41) is 2.64. The molecule has 31 heavy (non-hydrogen) atoms. The number of anilines is 1. The predicted octanol–water partition coefficient (Wildman–Crippen LogP) is 1.55. The minimum atomic E-state index is -0.478. The number of piperidine rings is 1. The summed E-state index contributed by atoms with van der Waals surface area (Å²) in [7, 11) is 0. The first kappa shape index (κ1) is 19.1. The average Bonchev–Trinajstić information content (AvgIpc) is 2.81. The van der Waals surface area contributed by atoms with Crippen molar-refractivity contribution in [2.24, 2.45) is 5.92 Å². The maximum atomic E-state index is 13.1. The van der Waals surface area contributed by atoms with Crippen LogP contribution in [0.25, 0.3) is 0 Å². The number of pyridine rings is 2. The summed E-state index contributed by atoms with van der Waals surface area (Å²) in [6.07, 6.45) is 6.79. The van der Waals surface area contributed by atoms with Crippen molar-refractivity contribution in [1.82, 2.24) is 24.4 Å². The fraction of sp³-hybridized carbons (Fsp3) is 0.273. The van der Waals surface area contributed by atoms with E-state index < -0.39 is 5.91 Å². The van der Waals surface area contributed by atoms with Crippen molar-refractivity contribution >= 4 is 17.5 Å². The largest absolute Gasteiger partial charge is 0.336 e. The van der Waals surface area contributed by atoms with Gasteiger partial charge < -0.3 is 14.8 Å². The Morgan fingerprint density at radius 1 is 0.968 bits per heavy atom. The standard InChI is InChI=1S/C22H20N6O3/c29-20(18-10-23-7-8-25-18)26-17-4-5-19-15-9-14(12-28(19)22(17)31)11-27(13-15)21(30)16-3-1-2-6-24-16/h1-8,10,14-15H,9,11-13H2,(H,26,29)/t14-,15-/m1/s1. The number of rotatable bonds is 3. The van der Waals surface area contributed by atoms with Crippen LogP contribution >= 0.6 is 0 Å². The van der Waals surface area contributed by atoms with Gasteiger partial charge in [0.25, 0.3) is 17.4 Å². The summed E-state index contributed by atoms with van der Waals surface area (Å²) < 4.78 is 1.73. The maximum Gasteiger partial charge on any atom is 0.276 e. The molecule has 2 bridgehead atoms. The molecule has 1 saturated heterocycles. The lowest BCUT2D eigenvalue weighted by molar-refractivity contribution is 0.0588. The summed E-state index contributed by atoms with van der Waals surface area (Å²) in [5.74, 6) is -0.326. The summed E-state index contributed by atoms with van der Waals surface area (Å²) in [6.45, 7) is 1.62. The molecule has 2 aliphatic rings. The summed E-state index contributed by atoms with van der Waals surface area (Å²) in [6, 6.07) is 8.80. The van der Waals surface area contributed by atoms with E-state index in [1.54, 1.807) is 35.0 Å². The molecule has 0 spiro atoms. The second kappa shape index (κ2) is 7.75. The van der Waals surface area contributed by atoms with Crippen LogP contribution in [0.1, 0.15) is 39.0 Å². The molecule has 3 aromatic heterocycles. The molecule has 9 nitrogen and oxygen atoms in total. The Balaban J connectivity index is 1.39. The zero-order chi connectivity index (χ0) is 21.4. The average molecular weight is 416 g/mol. The van der Waals surface area contributed by atoms with Gasteiger partial charge in [0.2, 0.25) is 0 Å². The number of aromatic nitrogens is 4. The number of carbonyl (C=O) groups is 2. The lowest BCUT2D eigenvalue weighted by Gasteiger charge is -2.42. The molecule has 0 aromatic carbocycles. The molecule has 0 saturated carbocycles. The number of carbonyl (C=O) groups excluding carboxylic acids is 2. The van der Waals surface area contributed by atoms with Crippen molar-refractivity contribution in [2.75, 3.05) is 18.4 Å². The molecule has 2 aliphatic heterocycles. The van der Waals surface area contributed by atoms with Gasteiger partial charge in [-0.2, -0.15) is 0 Å². The van der Waals surface area contributed by atoms with Crippen molar-refractivity contribution in [1.29, 1.82) is 0 Å². The SMILES string of the molecule is O=C(Nc1ccc2n(c1=O)C[C@@H]1C[C@@H]2CN(C(=O)c2ccccn2)C1)c1cnccn1. The van der Waals surface area contributed by atoms with Gasteiger partial charge in [-0.25, -0.2) is 4.98 Å². The van der Waals surface area contributed by atoms with E-state index in [2.05, 4.69) is 20.3 Å².